The van der Waals surface area contributed by atoms with Crippen molar-refractivity contribution in [2.45, 2.75) is 55.6 Å². The first-order valence-electron chi connectivity index (χ1n) is 9.54. The van der Waals surface area contributed by atoms with Gasteiger partial charge in [0.15, 0.2) is 0 Å². The normalized spacial score (nSPS) is 14.9. The lowest BCUT2D eigenvalue weighted by Gasteiger charge is -2.11. The molecule has 142 valence electrons. The summed E-state index contributed by atoms with van der Waals surface area (Å²) in [5, 5.41) is 5.12. The number of nitrogens with one attached hydrogen (secondary N) is 1. The van der Waals surface area contributed by atoms with E-state index in [2.05, 4.69) is 10.5 Å². The van der Waals surface area contributed by atoms with Crippen LogP contribution in [0.25, 0.3) is 0 Å². The molecule has 1 aliphatic rings. The first-order valence-corrected chi connectivity index (χ1v) is 10.9. The molecule has 1 amide bonds. The second kappa shape index (κ2) is 10.5. The smallest absolute Gasteiger partial charge is 0.267 e. The maximum Gasteiger partial charge on any atom is 0.271 e. The summed E-state index contributed by atoms with van der Waals surface area (Å²) in [7, 11) is 0. The Morgan fingerprint density at radius 1 is 0.926 bits per heavy atom. The van der Waals surface area contributed by atoms with E-state index in [0.29, 0.717) is 5.56 Å². The predicted molar refractivity (Wildman–Crippen MR) is 115 cm³/mol. The van der Waals surface area contributed by atoms with Crippen molar-refractivity contribution >= 4 is 35.0 Å². The van der Waals surface area contributed by atoms with Gasteiger partial charge in [0.05, 0.1) is 0 Å². The van der Waals surface area contributed by atoms with Crippen molar-refractivity contribution in [3.05, 3.63) is 64.7 Å². The summed E-state index contributed by atoms with van der Waals surface area (Å²) in [6.45, 7) is 0. The summed E-state index contributed by atoms with van der Waals surface area (Å²) in [5.74, 6) is 0.715. The van der Waals surface area contributed by atoms with Crippen LogP contribution in [0.15, 0.2) is 58.5 Å². The van der Waals surface area contributed by atoms with Crippen LogP contribution in [0.1, 0.15) is 60.9 Å². The molecule has 0 atom stereocenters. The quantitative estimate of drug-likeness (QED) is 0.462. The minimum Gasteiger partial charge on any atom is -0.267 e. The maximum atomic E-state index is 12.3. The molecule has 27 heavy (non-hydrogen) atoms. The molecule has 1 saturated carbocycles. The molecule has 5 heteroatoms. The van der Waals surface area contributed by atoms with E-state index in [4.69, 9.17) is 11.6 Å². The monoisotopic (exact) mass is 400 g/mol. The second-order valence-electron chi connectivity index (χ2n) is 6.83. The molecular weight excluding hydrogens is 376 g/mol. The number of thioether (sulfide) groups is 1. The van der Waals surface area contributed by atoms with Gasteiger partial charge < -0.3 is 0 Å². The van der Waals surface area contributed by atoms with E-state index >= 15 is 0 Å². The Balaban J connectivity index is 1.51. The summed E-state index contributed by atoms with van der Waals surface area (Å²) >= 11 is 7.66. The van der Waals surface area contributed by atoms with E-state index in [0.717, 1.165) is 29.3 Å². The van der Waals surface area contributed by atoms with Crippen LogP contribution < -0.4 is 5.43 Å². The Kier molecular flexibility index (Phi) is 7.79. The third kappa shape index (κ3) is 6.71. The van der Waals surface area contributed by atoms with Crippen molar-refractivity contribution in [1.82, 2.24) is 5.43 Å². The zero-order valence-electron chi connectivity index (χ0n) is 15.4. The SMILES string of the molecule is O=C(NN=C1CCCCCCC1)c1ccc(CSc2ccc(Cl)cc2)cc1. The van der Waals surface area contributed by atoms with Crippen LogP contribution in [-0.4, -0.2) is 11.6 Å². The molecule has 0 heterocycles. The Bertz CT molecular complexity index is 762. The van der Waals surface area contributed by atoms with Gasteiger partial charge in [-0.25, -0.2) is 5.43 Å². The number of hydrazone groups is 1. The zero-order valence-corrected chi connectivity index (χ0v) is 17.0. The zero-order chi connectivity index (χ0) is 18.9. The Morgan fingerprint density at radius 2 is 1.56 bits per heavy atom. The lowest BCUT2D eigenvalue weighted by atomic mass is 9.99. The Labute approximate surface area is 170 Å². The highest BCUT2D eigenvalue weighted by Gasteiger charge is 2.08. The lowest BCUT2D eigenvalue weighted by Crippen LogP contribution is -2.20. The van der Waals surface area contributed by atoms with Crippen LogP contribution in [0.3, 0.4) is 0 Å². The van der Waals surface area contributed by atoms with Crippen molar-refractivity contribution in [2.75, 3.05) is 0 Å². The molecule has 3 nitrogen and oxygen atoms in total. The minimum absolute atomic E-state index is 0.138. The molecule has 0 aliphatic heterocycles. The van der Waals surface area contributed by atoms with Gasteiger partial charge in [0.2, 0.25) is 0 Å². The molecule has 0 radical (unpaired) electrons. The number of rotatable bonds is 5. The van der Waals surface area contributed by atoms with Crippen molar-refractivity contribution < 1.29 is 4.79 Å². The van der Waals surface area contributed by atoms with Crippen LogP contribution in [0.4, 0.5) is 0 Å². The van der Waals surface area contributed by atoms with Gasteiger partial charge in [-0.1, -0.05) is 43.0 Å². The van der Waals surface area contributed by atoms with E-state index < -0.39 is 0 Å². The standard InChI is InChI=1S/C22H25ClN2OS/c23-19-12-14-21(15-13-19)27-16-17-8-10-18(11-9-17)22(26)25-24-20-6-4-2-1-3-5-7-20/h8-15H,1-7,16H2,(H,25,26). The van der Waals surface area contributed by atoms with Crippen LogP contribution >= 0.6 is 23.4 Å². The van der Waals surface area contributed by atoms with Crippen LogP contribution in [-0.2, 0) is 5.75 Å². The number of carbonyl (C=O) groups is 1. The molecule has 0 bridgehead atoms. The van der Waals surface area contributed by atoms with Gasteiger partial charge in [-0.3, -0.25) is 4.79 Å². The van der Waals surface area contributed by atoms with Gasteiger partial charge in [-0.15, -0.1) is 11.8 Å². The van der Waals surface area contributed by atoms with E-state index in [1.807, 2.05) is 48.5 Å². The predicted octanol–water partition coefficient (Wildman–Crippen LogP) is 6.46. The minimum atomic E-state index is -0.138. The molecule has 0 aromatic heterocycles. The average molecular weight is 401 g/mol. The van der Waals surface area contributed by atoms with Gasteiger partial charge in [-0.05, 0) is 67.6 Å². The first-order chi connectivity index (χ1) is 13.2. The molecule has 0 unspecified atom stereocenters. The lowest BCUT2D eigenvalue weighted by molar-refractivity contribution is 0.0954. The van der Waals surface area contributed by atoms with Gasteiger partial charge >= 0.3 is 0 Å². The highest BCUT2D eigenvalue weighted by molar-refractivity contribution is 7.98. The van der Waals surface area contributed by atoms with Gasteiger partial charge in [0.25, 0.3) is 5.91 Å². The molecule has 1 N–H and O–H groups in total. The molecule has 0 spiro atoms. The molecule has 1 fully saturated rings. The third-order valence-corrected chi connectivity index (χ3v) is 6.02. The first kappa shape index (κ1) is 20.0. The summed E-state index contributed by atoms with van der Waals surface area (Å²) in [6.07, 6.45) is 8.21. The van der Waals surface area contributed by atoms with Crippen LogP contribution in [0.5, 0.6) is 0 Å². The topological polar surface area (TPSA) is 41.5 Å². The fraction of sp³-hybridized carbons (Fsp3) is 0.364. The highest BCUT2D eigenvalue weighted by atomic mass is 35.5. The summed E-state index contributed by atoms with van der Waals surface area (Å²) in [6, 6.07) is 15.6. The molecule has 0 saturated heterocycles. The van der Waals surface area contributed by atoms with E-state index in [1.54, 1.807) is 11.8 Å². The van der Waals surface area contributed by atoms with Crippen molar-refractivity contribution in [3.8, 4) is 0 Å². The molecule has 3 rings (SSSR count). The second-order valence-corrected chi connectivity index (χ2v) is 8.31. The van der Waals surface area contributed by atoms with E-state index in [-0.39, 0.29) is 5.91 Å². The number of hydrogen-bond donors (Lipinski definition) is 1. The highest BCUT2D eigenvalue weighted by Crippen LogP contribution is 2.24. The largest absolute Gasteiger partial charge is 0.271 e. The Hall–Kier alpha value is -1.78. The van der Waals surface area contributed by atoms with Crippen LogP contribution in [0.2, 0.25) is 5.02 Å². The molecule has 1 aliphatic carbocycles. The van der Waals surface area contributed by atoms with Gasteiger partial charge in [0.1, 0.15) is 0 Å². The Morgan fingerprint density at radius 3 is 2.22 bits per heavy atom. The molecule has 2 aromatic carbocycles. The number of halogens is 1. The van der Waals surface area contributed by atoms with E-state index in [1.165, 1.54) is 42.6 Å². The van der Waals surface area contributed by atoms with Crippen molar-refractivity contribution in [3.63, 3.8) is 0 Å². The number of amides is 1. The number of nitrogens with zero attached hydrogens (tertiary/aromatic N) is 1. The number of hydrogen-bond acceptors (Lipinski definition) is 3. The summed E-state index contributed by atoms with van der Waals surface area (Å²) in [5.41, 5.74) is 5.68. The fourth-order valence-electron chi connectivity index (χ4n) is 3.07. The van der Waals surface area contributed by atoms with Gasteiger partial charge in [-0.2, -0.15) is 5.10 Å². The fourth-order valence-corrected chi connectivity index (χ4v) is 4.05. The summed E-state index contributed by atoms with van der Waals surface area (Å²) < 4.78 is 0. The third-order valence-electron chi connectivity index (χ3n) is 4.68. The van der Waals surface area contributed by atoms with Crippen molar-refractivity contribution in [2.24, 2.45) is 5.10 Å². The summed E-state index contributed by atoms with van der Waals surface area (Å²) in [4.78, 5) is 13.5. The number of carbonyl (C=O) groups excluding carboxylic acids is 1. The average Bonchev–Trinajstić information content (AvgIpc) is 2.67. The van der Waals surface area contributed by atoms with E-state index in [9.17, 15) is 4.79 Å². The molecule has 2 aromatic rings. The van der Waals surface area contributed by atoms with Crippen molar-refractivity contribution in [1.29, 1.82) is 0 Å². The van der Waals surface area contributed by atoms with Crippen LogP contribution in [0, 0.1) is 0 Å². The molecular formula is C22H25ClN2OS. The maximum absolute atomic E-state index is 12.3. The van der Waals surface area contributed by atoms with Gasteiger partial charge in [0, 0.05) is 26.9 Å². The number of benzene rings is 2.